The number of likely N-dealkylation sites (N-methyl/N-ethyl adjacent to an activating group) is 1. The van der Waals surface area contributed by atoms with Crippen molar-refractivity contribution >= 4 is 27.6 Å². The van der Waals surface area contributed by atoms with Crippen LogP contribution in [0.5, 0.6) is 5.75 Å². The predicted molar refractivity (Wildman–Crippen MR) is 152 cm³/mol. The van der Waals surface area contributed by atoms with Gasteiger partial charge < -0.3 is 30.1 Å². The van der Waals surface area contributed by atoms with E-state index < -0.39 is 28.2 Å². The van der Waals surface area contributed by atoms with Crippen LogP contribution in [-0.2, 0) is 14.8 Å². The molecule has 11 nitrogen and oxygen atoms in total. The number of nitrogens with zero attached hydrogens (tertiary/aromatic N) is 2. The van der Waals surface area contributed by atoms with Gasteiger partial charge >= 0.3 is 6.03 Å². The molecule has 1 aliphatic rings. The topological polar surface area (TPSA) is 138 Å². The molecule has 0 bridgehead atoms. The molecule has 39 heavy (non-hydrogen) atoms. The highest BCUT2D eigenvalue weighted by Crippen LogP contribution is 2.28. The number of amides is 3. The molecule has 1 aromatic carbocycles. The first-order chi connectivity index (χ1) is 18.2. The molecule has 1 aromatic rings. The maximum absolute atomic E-state index is 14.0. The van der Waals surface area contributed by atoms with Crippen LogP contribution in [0.25, 0.3) is 0 Å². The molecule has 0 aromatic heterocycles. The Morgan fingerprint density at radius 3 is 2.54 bits per heavy atom. The van der Waals surface area contributed by atoms with Gasteiger partial charge in [-0.1, -0.05) is 6.92 Å². The molecule has 222 valence electrons. The number of sulfonamides is 1. The molecule has 3 amide bonds. The number of benzene rings is 1. The van der Waals surface area contributed by atoms with Crippen LogP contribution in [0, 0.1) is 5.92 Å². The molecule has 0 saturated heterocycles. The van der Waals surface area contributed by atoms with Gasteiger partial charge in [0.1, 0.15) is 5.75 Å². The number of carbonyl (C=O) groups is 2. The maximum Gasteiger partial charge on any atom is 0.319 e. The summed E-state index contributed by atoms with van der Waals surface area (Å²) < 4.78 is 37.8. The normalized spacial score (nSPS) is 22.6. The number of anilines is 1. The van der Waals surface area contributed by atoms with Gasteiger partial charge in [0.05, 0.1) is 36.7 Å². The number of carbonyl (C=O) groups excluding carboxylic acids is 2. The van der Waals surface area contributed by atoms with Gasteiger partial charge in [0.15, 0.2) is 0 Å². The van der Waals surface area contributed by atoms with Gasteiger partial charge in [0.2, 0.25) is 10.0 Å². The lowest BCUT2D eigenvalue weighted by Gasteiger charge is -2.35. The maximum atomic E-state index is 14.0. The quantitative estimate of drug-likeness (QED) is 0.458. The number of hydrogen-bond donors (Lipinski definition) is 3. The molecule has 1 aliphatic heterocycles. The third-order valence-electron chi connectivity index (χ3n) is 6.73. The Morgan fingerprint density at radius 1 is 1.23 bits per heavy atom. The SMILES string of the molecule is CC(C)NC(=O)Nc1ccc2c(c1)C(=O)N([C@H](C)CO)C[C@H](C)[C@@H](CN(C)S(C)(=O)=O)OCCCC[C@@H](C)O2. The molecule has 0 spiro atoms. The van der Waals surface area contributed by atoms with E-state index >= 15 is 0 Å². The first kappa shape index (κ1) is 32.8. The monoisotopic (exact) mass is 570 g/mol. The molecule has 12 heteroatoms. The molecule has 0 unspecified atom stereocenters. The fourth-order valence-electron chi connectivity index (χ4n) is 4.28. The van der Waals surface area contributed by atoms with Crippen LogP contribution in [0.2, 0.25) is 0 Å². The third kappa shape index (κ3) is 10.3. The van der Waals surface area contributed by atoms with E-state index in [-0.39, 0.29) is 49.2 Å². The van der Waals surface area contributed by atoms with Crippen LogP contribution in [-0.4, -0.2) is 98.6 Å². The first-order valence-electron chi connectivity index (χ1n) is 13.6. The van der Waals surface area contributed by atoms with Gasteiger partial charge in [0, 0.05) is 44.4 Å². The summed E-state index contributed by atoms with van der Waals surface area (Å²) in [5.74, 6) is -0.228. The minimum absolute atomic E-state index is 0.0626. The first-order valence-corrected chi connectivity index (χ1v) is 15.4. The fraction of sp³-hybridized carbons (Fsp3) is 0.704. The molecular formula is C27H46N4O7S. The summed E-state index contributed by atoms with van der Waals surface area (Å²) in [5.41, 5.74) is 0.692. The Morgan fingerprint density at radius 2 is 1.92 bits per heavy atom. The van der Waals surface area contributed by atoms with Crippen LogP contribution in [0.1, 0.15) is 64.2 Å². The highest BCUT2D eigenvalue weighted by molar-refractivity contribution is 7.88. The second-order valence-corrected chi connectivity index (χ2v) is 12.9. The van der Waals surface area contributed by atoms with Gasteiger partial charge in [-0.3, -0.25) is 4.79 Å². The number of fused-ring (bicyclic) bond motifs is 1. The zero-order valence-corrected chi connectivity index (χ0v) is 25.1. The smallest absolute Gasteiger partial charge is 0.319 e. The van der Waals surface area contributed by atoms with Crippen molar-refractivity contribution in [3.63, 3.8) is 0 Å². The fourth-order valence-corrected chi connectivity index (χ4v) is 4.70. The standard InChI is InChI=1S/C27H46N4O7S/c1-18(2)28-27(34)29-22-11-12-24-23(14-22)26(33)31(20(4)17-32)15-19(3)25(16-30(6)39(7,35)36)37-13-9-8-10-21(5)38-24/h11-12,14,18-21,25,32H,8-10,13,15-17H2,1-7H3,(H2,28,29,34)/t19-,20+,21+,25+/m0/s1. The van der Waals surface area contributed by atoms with Gasteiger partial charge in [0.25, 0.3) is 5.91 Å². The van der Waals surface area contributed by atoms with Crippen LogP contribution in [0.15, 0.2) is 18.2 Å². The largest absolute Gasteiger partial charge is 0.490 e. The number of urea groups is 1. The molecule has 3 N–H and O–H groups in total. The number of hydrogen-bond acceptors (Lipinski definition) is 7. The van der Waals surface area contributed by atoms with E-state index in [1.54, 1.807) is 30.0 Å². The van der Waals surface area contributed by atoms with E-state index in [9.17, 15) is 23.1 Å². The summed E-state index contributed by atoms with van der Waals surface area (Å²) in [5, 5.41) is 15.5. The van der Waals surface area contributed by atoms with Gasteiger partial charge in [-0.2, -0.15) is 0 Å². The highest BCUT2D eigenvalue weighted by Gasteiger charge is 2.31. The summed E-state index contributed by atoms with van der Waals surface area (Å²) in [4.78, 5) is 27.9. The number of rotatable bonds is 7. The Kier molecular flexibility index (Phi) is 12.5. The molecule has 4 atom stereocenters. The Balaban J connectivity index is 2.49. The van der Waals surface area contributed by atoms with Crippen molar-refractivity contribution in [1.29, 1.82) is 0 Å². The van der Waals surface area contributed by atoms with Gasteiger partial charge in [-0.25, -0.2) is 17.5 Å². The van der Waals surface area contributed by atoms with E-state index in [1.165, 1.54) is 11.4 Å². The van der Waals surface area contributed by atoms with Crippen molar-refractivity contribution in [2.45, 2.75) is 78.2 Å². The van der Waals surface area contributed by atoms with Crippen molar-refractivity contribution in [2.24, 2.45) is 5.92 Å². The van der Waals surface area contributed by atoms with E-state index in [1.807, 2.05) is 27.7 Å². The van der Waals surface area contributed by atoms with Crippen molar-refractivity contribution in [2.75, 3.05) is 44.9 Å². The van der Waals surface area contributed by atoms with E-state index in [2.05, 4.69) is 10.6 Å². The van der Waals surface area contributed by atoms with Crippen LogP contribution in [0.4, 0.5) is 10.5 Å². The Bertz CT molecular complexity index is 1070. The van der Waals surface area contributed by atoms with E-state index in [0.717, 1.165) is 25.5 Å². The van der Waals surface area contributed by atoms with Crippen LogP contribution < -0.4 is 15.4 Å². The van der Waals surface area contributed by atoms with E-state index in [4.69, 9.17) is 9.47 Å². The average Bonchev–Trinajstić information content (AvgIpc) is 2.84. The summed E-state index contributed by atoms with van der Waals surface area (Å²) >= 11 is 0. The van der Waals surface area contributed by atoms with Gasteiger partial charge in [-0.05, 0) is 65.2 Å². The van der Waals surface area contributed by atoms with Crippen molar-refractivity contribution < 1.29 is 32.6 Å². The average molecular weight is 571 g/mol. The lowest BCUT2D eigenvalue weighted by atomic mass is 10.0. The zero-order chi connectivity index (χ0) is 29.3. The number of nitrogens with one attached hydrogen (secondary N) is 2. The predicted octanol–water partition coefficient (Wildman–Crippen LogP) is 2.90. The van der Waals surface area contributed by atoms with Crippen molar-refractivity contribution in [1.82, 2.24) is 14.5 Å². The second-order valence-electron chi connectivity index (χ2n) is 10.8. The zero-order valence-electron chi connectivity index (χ0n) is 24.3. The third-order valence-corrected chi connectivity index (χ3v) is 8.01. The van der Waals surface area contributed by atoms with Crippen molar-refractivity contribution in [3.05, 3.63) is 23.8 Å². The summed E-state index contributed by atoms with van der Waals surface area (Å²) in [7, 11) is -1.92. The number of aliphatic hydroxyl groups excluding tert-OH is 1. The minimum atomic E-state index is -3.43. The molecule has 0 radical (unpaired) electrons. The Labute approximate surface area is 233 Å². The minimum Gasteiger partial charge on any atom is -0.490 e. The molecule has 0 aliphatic carbocycles. The molecular weight excluding hydrogens is 524 g/mol. The van der Waals surface area contributed by atoms with Gasteiger partial charge in [-0.15, -0.1) is 0 Å². The second kappa shape index (κ2) is 14.8. The lowest BCUT2D eigenvalue weighted by molar-refractivity contribution is -0.00828. The van der Waals surface area contributed by atoms with Crippen LogP contribution >= 0.6 is 0 Å². The van der Waals surface area contributed by atoms with E-state index in [0.29, 0.717) is 18.0 Å². The molecule has 1 heterocycles. The summed E-state index contributed by atoms with van der Waals surface area (Å²) in [6.45, 7) is 9.82. The lowest BCUT2D eigenvalue weighted by Crippen LogP contribution is -2.48. The Hall–Kier alpha value is -2.41. The number of aliphatic hydroxyl groups is 1. The molecule has 0 fully saturated rings. The van der Waals surface area contributed by atoms with Crippen LogP contribution in [0.3, 0.4) is 0 Å². The molecule has 0 saturated carbocycles. The van der Waals surface area contributed by atoms with Crippen molar-refractivity contribution in [3.8, 4) is 5.75 Å². The highest BCUT2D eigenvalue weighted by atomic mass is 32.2. The summed E-state index contributed by atoms with van der Waals surface area (Å²) in [6, 6.07) is 3.97. The number of ether oxygens (including phenoxy) is 2. The molecule has 2 rings (SSSR count). The summed E-state index contributed by atoms with van der Waals surface area (Å²) in [6.07, 6.45) is 2.84.